The molecule has 0 heterocycles. The Morgan fingerprint density at radius 1 is 0.762 bits per heavy atom. The molecule has 0 atom stereocenters. The molecule has 0 N–H and O–H groups in total. The zero-order valence-electron chi connectivity index (χ0n) is 13.0. The first kappa shape index (κ1) is 18.5. The zero-order chi connectivity index (χ0) is 15.2. The molecule has 0 aliphatic heterocycles. The van der Waals surface area contributed by atoms with Gasteiger partial charge in [-0.3, -0.25) is 0 Å². The van der Waals surface area contributed by atoms with Gasteiger partial charge in [0.05, 0.1) is 6.61 Å². The topological polar surface area (TPSA) is 9.23 Å². The first-order valence-electron chi connectivity index (χ1n) is 8.26. The molecule has 3 heteroatoms. The molecule has 0 amide bonds. The van der Waals surface area contributed by atoms with Crippen LogP contribution in [0, 0.1) is 5.82 Å². The second kappa shape index (κ2) is 13.1. The number of ether oxygens (including phenoxy) is 1. The highest BCUT2D eigenvalue weighted by Crippen LogP contribution is 2.10. The molecule has 1 aromatic rings. The number of thiol groups is 1. The Kier molecular flexibility index (Phi) is 11.6. The minimum absolute atomic E-state index is 0.190. The fraction of sp³-hybridized carbons (Fsp3) is 0.667. The molecule has 120 valence electrons. The van der Waals surface area contributed by atoms with E-state index >= 15 is 0 Å². The molecular formula is C18H29FOS. The molecule has 1 aromatic carbocycles. The third-order valence-corrected chi connectivity index (χ3v) is 3.95. The Labute approximate surface area is 134 Å². The molecule has 0 radical (unpaired) electrons. The maximum absolute atomic E-state index is 12.7. The van der Waals surface area contributed by atoms with Gasteiger partial charge in [-0.1, -0.05) is 57.1 Å². The quantitative estimate of drug-likeness (QED) is 0.358. The molecule has 0 fully saturated rings. The molecule has 0 bridgehead atoms. The van der Waals surface area contributed by atoms with Gasteiger partial charge in [0.25, 0.3) is 0 Å². The van der Waals surface area contributed by atoms with Gasteiger partial charge in [-0.05, 0) is 36.3 Å². The molecule has 1 rings (SSSR count). The van der Waals surface area contributed by atoms with Crippen LogP contribution in [-0.2, 0) is 11.3 Å². The van der Waals surface area contributed by atoms with Crippen molar-refractivity contribution in [2.75, 3.05) is 12.4 Å². The van der Waals surface area contributed by atoms with Gasteiger partial charge in [0, 0.05) is 6.61 Å². The first-order valence-corrected chi connectivity index (χ1v) is 8.89. The lowest BCUT2D eigenvalue weighted by molar-refractivity contribution is 0.116. The monoisotopic (exact) mass is 312 g/mol. The lowest BCUT2D eigenvalue weighted by atomic mass is 10.1. The van der Waals surface area contributed by atoms with Crippen LogP contribution < -0.4 is 0 Å². The lowest BCUT2D eigenvalue weighted by Gasteiger charge is -2.05. The summed E-state index contributed by atoms with van der Waals surface area (Å²) in [6.07, 6.45) is 11.7. The van der Waals surface area contributed by atoms with Crippen molar-refractivity contribution in [3.8, 4) is 0 Å². The Hall–Kier alpha value is -0.540. The Morgan fingerprint density at radius 2 is 1.29 bits per heavy atom. The number of hydrogen-bond donors (Lipinski definition) is 1. The minimum Gasteiger partial charge on any atom is -0.377 e. The van der Waals surface area contributed by atoms with E-state index in [0.717, 1.165) is 24.3 Å². The molecule has 0 aliphatic carbocycles. The number of benzene rings is 1. The summed E-state index contributed by atoms with van der Waals surface area (Å²) in [5.41, 5.74) is 1.04. The maximum atomic E-state index is 12.7. The molecule has 1 nitrogen and oxygen atoms in total. The van der Waals surface area contributed by atoms with Crippen molar-refractivity contribution in [3.63, 3.8) is 0 Å². The summed E-state index contributed by atoms with van der Waals surface area (Å²) in [5.74, 6) is 0.835. The molecule has 0 aromatic heterocycles. The van der Waals surface area contributed by atoms with E-state index in [0.29, 0.717) is 6.61 Å². The predicted molar refractivity (Wildman–Crippen MR) is 91.5 cm³/mol. The van der Waals surface area contributed by atoms with Crippen LogP contribution in [0.5, 0.6) is 0 Å². The van der Waals surface area contributed by atoms with E-state index in [1.807, 2.05) is 0 Å². The summed E-state index contributed by atoms with van der Waals surface area (Å²) in [5, 5.41) is 0. The van der Waals surface area contributed by atoms with Crippen molar-refractivity contribution in [1.82, 2.24) is 0 Å². The maximum Gasteiger partial charge on any atom is 0.123 e. The van der Waals surface area contributed by atoms with E-state index in [-0.39, 0.29) is 5.82 Å². The van der Waals surface area contributed by atoms with Crippen LogP contribution in [0.1, 0.15) is 63.4 Å². The lowest BCUT2D eigenvalue weighted by Crippen LogP contribution is -1.95. The van der Waals surface area contributed by atoms with Crippen molar-refractivity contribution in [1.29, 1.82) is 0 Å². The van der Waals surface area contributed by atoms with Crippen molar-refractivity contribution < 1.29 is 9.13 Å². The molecule has 21 heavy (non-hydrogen) atoms. The third kappa shape index (κ3) is 10.8. The van der Waals surface area contributed by atoms with Crippen LogP contribution in [0.3, 0.4) is 0 Å². The molecule has 0 saturated carbocycles. The van der Waals surface area contributed by atoms with Crippen LogP contribution in [0.15, 0.2) is 24.3 Å². The summed E-state index contributed by atoms with van der Waals surface area (Å²) in [4.78, 5) is 0. The van der Waals surface area contributed by atoms with Gasteiger partial charge in [0.1, 0.15) is 5.82 Å². The molecule has 0 aliphatic rings. The van der Waals surface area contributed by atoms with Crippen LogP contribution >= 0.6 is 12.6 Å². The normalized spacial score (nSPS) is 11.0. The smallest absolute Gasteiger partial charge is 0.123 e. The minimum atomic E-state index is -0.190. The summed E-state index contributed by atoms with van der Waals surface area (Å²) < 4.78 is 18.3. The van der Waals surface area contributed by atoms with E-state index < -0.39 is 0 Å². The highest BCUT2D eigenvalue weighted by Gasteiger charge is 1.95. The largest absolute Gasteiger partial charge is 0.377 e. The van der Waals surface area contributed by atoms with E-state index in [1.165, 1.54) is 63.5 Å². The summed E-state index contributed by atoms with van der Waals surface area (Å²) in [7, 11) is 0. The predicted octanol–water partition coefficient (Wildman–Crippen LogP) is 5.78. The molecule has 0 spiro atoms. The molecule has 0 saturated heterocycles. The Morgan fingerprint density at radius 3 is 1.86 bits per heavy atom. The highest BCUT2D eigenvalue weighted by atomic mass is 32.1. The van der Waals surface area contributed by atoms with Gasteiger partial charge in [-0.25, -0.2) is 4.39 Å². The van der Waals surface area contributed by atoms with E-state index in [9.17, 15) is 4.39 Å². The van der Waals surface area contributed by atoms with Gasteiger partial charge in [0.2, 0.25) is 0 Å². The van der Waals surface area contributed by atoms with Crippen molar-refractivity contribution in [2.45, 2.75) is 64.4 Å². The third-order valence-electron chi connectivity index (χ3n) is 3.63. The van der Waals surface area contributed by atoms with E-state index in [4.69, 9.17) is 4.74 Å². The Balaban J connectivity index is 1.81. The summed E-state index contributed by atoms with van der Waals surface area (Å²) >= 11 is 4.22. The van der Waals surface area contributed by atoms with Crippen LogP contribution in [0.2, 0.25) is 0 Å². The highest BCUT2D eigenvalue weighted by molar-refractivity contribution is 7.80. The second-order valence-corrected chi connectivity index (χ2v) is 6.03. The fourth-order valence-electron chi connectivity index (χ4n) is 2.32. The van der Waals surface area contributed by atoms with Crippen LogP contribution in [-0.4, -0.2) is 12.4 Å². The number of halogens is 1. The standard InChI is InChI=1S/C18H29FOS/c19-18-12-10-17(11-13-18)16-20-14-8-6-4-2-1-3-5-7-9-15-21/h10-13,21H,1-9,14-16H2. The number of unbranched alkanes of at least 4 members (excludes halogenated alkanes) is 8. The van der Waals surface area contributed by atoms with Crippen molar-refractivity contribution in [2.24, 2.45) is 0 Å². The van der Waals surface area contributed by atoms with Gasteiger partial charge >= 0.3 is 0 Å². The molecular weight excluding hydrogens is 283 g/mol. The van der Waals surface area contributed by atoms with Gasteiger partial charge in [-0.15, -0.1) is 0 Å². The summed E-state index contributed by atoms with van der Waals surface area (Å²) in [6, 6.07) is 6.52. The SMILES string of the molecule is Fc1ccc(COCCCCCCCCCCCS)cc1. The summed E-state index contributed by atoms with van der Waals surface area (Å²) in [6.45, 7) is 1.39. The second-order valence-electron chi connectivity index (χ2n) is 5.58. The van der Waals surface area contributed by atoms with Crippen LogP contribution in [0.25, 0.3) is 0 Å². The number of rotatable bonds is 13. The van der Waals surface area contributed by atoms with E-state index in [2.05, 4.69) is 12.6 Å². The average molecular weight is 312 g/mol. The first-order chi connectivity index (χ1) is 10.3. The van der Waals surface area contributed by atoms with Gasteiger partial charge in [-0.2, -0.15) is 12.6 Å². The van der Waals surface area contributed by atoms with Gasteiger partial charge < -0.3 is 4.74 Å². The number of hydrogen-bond acceptors (Lipinski definition) is 2. The van der Waals surface area contributed by atoms with Gasteiger partial charge in [0.15, 0.2) is 0 Å². The van der Waals surface area contributed by atoms with Crippen molar-refractivity contribution >= 4 is 12.6 Å². The van der Waals surface area contributed by atoms with Crippen LogP contribution in [0.4, 0.5) is 4.39 Å². The van der Waals surface area contributed by atoms with Crippen molar-refractivity contribution in [3.05, 3.63) is 35.6 Å². The molecule has 0 unspecified atom stereocenters. The Bertz CT molecular complexity index is 340. The fourth-order valence-corrected chi connectivity index (χ4v) is 2.55. The van der Waals surface area contributed by atoms with E-state index in [1.54, 1.807) is 12.1 Å². The average Bonchev–Trinajstić information content (AvgIpc) is 2.50. The zero-order valence-corrected chi connectivity index (χ0v) is 13.9.